The minimum Gasteiger partial charge on any atom is -0.504 e. The molecular formula is C13H9NO4. The Labute approximate surface area is 101 Å². The van der Waals surface area contributed by atoms with Gasteiger partial charge >= 0.3 is 5.63 Å². The van der Waals surface area contributed by atoms with Crippen molar-refractivity contribution in [2.75, 3.05) is 5.73 Å². The number of aromatic hydroxyl groups is 2. The Morgan fingerprint density at radius 2 is 1.83 bits per heavy atom. The van der Waals surface area contributed by atoms with Crippen LogP contribution in [0.2, 0.25) is 0 Å². The molecule has 0 saturated heterocycles. The lowest BCUT2D eigenvalue weighted by atomic mass is 10.1. The number of hydrogen-bond acceptors (Lipinski definition) is 5. The van der Waals surface area contributed by atoms with Gasteiger partial charge in [0.25, 0.3) is 0 Å². The number of nitrogens with two attached hydrogens (primary N) is 1. The van der Waals surface area contributed by atoms with Crippen LogP contribution in [0.25, 0.3) is 21.7 Å². The summed E-state index contributed by atoms with van der Waals surface area (Å²) in [6.07, 6.45) is 0. The standard InChI is InChI=1S/C13H9NO4/c14-6-1-2-7-8(5-6)13(17)18-10-4-3-9(15)12(16)11(7)10/h1-5,15-16H,14H2. The van der Waals surface area contributed by atoms with Crippen molar-refractivity contribution in [2.24, 2.45) is 0 Å². The summed E-state index contributed by atoms with van der Waals surface area (Å²) in [4.78, 5) is 11.8. The number of hydrogen-bond donors (Lipinski definition) is 3. The van der Waals surface area contributed by atoms with Crippen molar-refractivity contribution >= 4 is 27.4 Å². The molecule has 1 heterocycles. The predicted octanol–water partition coefficient (Wildman–Crippen LogP) is 1.94. The van der Waals surface area contributed by atoms with Gasteiger partial charge in [0.2, 0.25) is 0 Å². The highest BCUT2D eigenvalue weighted by Crippen LogP contribution is 2.37. The fraction of sp³-hybridized carbons (Fsp3) is 0. The molecule has 0 amide bonds. The number of benzene rings is 2. The summed E-state index contributed by atoms with van der Waals surface area (Å²) in [7, 11) is 0. The van der Waals surface area contributed by atoms with Gasteiger partial charge in [0.05, 0.1) is 10.8 Å². The molecule has 5 heteroatoms. The van der Waals surface area contributed by atoms with Crippen molar-refractivity contribution in [3.63, 3.8) is 0 Å². The minimum atomic E-state index is -0.533. The van der Waals surface area contributed by atoms with E-state index >= 15 is 0 Å². The molecule has 3 aromatic rings. The molecule has 0 saturated carbocycles. The Kier molecular flexibility index (Phi) is 1.98. The van der Waals surface area contributed by atoms with E-state index in [0.717, 1.165) is 0 Å². The van der Waals surface area contributed by atoms with Crippen LogP contribution in [-0.2, 0) is 0 Å². The van der Waals surface area contributed by atoms with Crippen molar-refractivity contribution in [2.45, 2.75) is 0 Å². The number of nitrogen functional groups attached to an aromatic ring is 1. The highest BCUT2D eigenvalue weighted by Gasteiger charge is 2.13. The predicted molar refractivity (Wildman–Crippen MR) is 67.7 cm³/mol. The number of anilines is 1. The van der Waals surface area contributed by atoms with Gasteiger partial charge in [-0.25, -0.2) is 4.79 Å². The number of fused-ring (bicyclic) bond motifs is 3. The van der Waals surface area contributed by atoms with E-state index in [1.807, 2.05) is 0 Å². The molecule has 0 aliphatic rings. The Morgan fingerprint density at radius 1 is 1.06 bits per heavy atom. The smallest absolute Gasteiger partial charge is 0.344 e. The van der Waals surface area contributed by atoms with E-state index in [1.165, 1.54) is 18.2 Å². The lowest BCUT2D eigenvalue weighted by molar-refractivity contribution is 0.407. The molecule has 90 valence electrons. The molecule has 0 aliphatic heterocycles. The topological polar surface area (TPSA) is 96.7 Å². The fourth-order valence-electron chi connectivity index (χ4n) is 2.01. The van der Waals surface area contributed by atoms with Gasteiger partial charge in [-0.15, -0.1) is 0 Å². The summed E-state index contributed by atoms with van der Waals surface area (Å²) < 4.78 is 5.08. The van der Waals surface area contributed by atoms with Crippen molar-refractivity contribution in [3.8, 4) is 11.5 Å². The maximum atomic E-state index is 11.8. The van der Waals surface area contributed by atoms with Crippen LogP contribution in [0.4, 0.5) is 5.69 Å². The van der Waals surface area contributed by atoms with Crippen LogP contribution in [0.15, 0.2) is 39.5 Å². The van der Waals surface area contributed by atoms with Crippen molar-refractivity contribution in [3.05, 3.63) is 40.8 Å². The van der Waals surface area contributed by atoms with Crippen molar-refractivity contribution in [1.29, 1.82) is 0 Å². The van der Waals surface area contributed by atoms with Crippen LogP contribution in [0.1, 0.15) is 0 Å². The molecule has 2 aromatic carbocycles. The first kappa shape index (κ1) is 10.5. The molecule has 0 bridgehead atoms. The Morgan fingerprint density at radius 3 is 2.61 bits per heavy atom. The van der Waals surface area contributed by atoms with Crippen LogP contribution in [0.5, 0.6) is 11.5 Å². The minimum absolute atomic E-state index is 0.215. The molecule has 0 aliphatic carbocycles. The lowest BCUT2D eigenvalue weighted by Gasteiger charge is -2.06. The third kappa shape index (κ3) is 1.31. The summed E-state index contributed by atoms with van der Waals surface area (Å²) in [6.45, 7) is 0. The van der Waals surface area contributed by atoms with Gasteiger partial charge in [0.1, 0.15) is 5.58 Å². The zero-order chi connectivity index (χ0) is 12.9. The average Bonchev–Trinajstić information content (AvgIpc) is 2.34. The van der Waals surface area contributed by atoms with Gasteiger partial charge in [0.15, 0.2) is 11.5 Å². The van der Waals surface area contributed by atoms with Crippen LogP contribution in [0.3, 0.4) is 0 Å². The molecule has 0 spiro atoms. The maximum absolute atomic E-state index is 11.8. The van der Waals surface area contributed by atoms with E-state index in [2.05, 4.69) is 0 Å². The molecular weight excluding hydrogens is 234 g/mol. The third-order valence-electron chi connectivity index (χ3n) is 2.85. The summed E-state index contributed by atoms with van der Waals surface area (Å²) in [5, 5.41) is 20.4. The second kappa shape index (κ2) is 3.40. The first-order valence-corrected chi connectivity index (χ1v) is 5.25. The van der Waals surface area contributed by atoms with Crippen molar-refractivity contribution < 1.29 is 14.6 Å². The molecule has 3 rings (SSSR count). The van der Waals surface area contributed by atoms with Crippen LogP contribution in [0, 0.1) is 0 Å². The number of rotatable bonds is 0. The van der Waals surface area contributed by atoms with E-state index in [-0.39, 0.29) is 22.5 Å². The summed E-state index contributed by atoms with van der Waals surface area (Å²) >= 11 is 0. The fourth-order valence-corrected chi connectivity index (χ4v) is 2.01. The van der Waals surface area contributed by atoms with E-state index in [1.54, 1.807) is 12.1 Å². The summed E-state index contributed by atoms with van der Waals surface area (Å²) in [5.41, 5.74) is 5.72. The largest absolute Gasteiger partial charge is 0.504 e. The number of phenols is 2. The SMILES string of the molecule is Nc1ccc2c(c1)c(=O)oc1ccc(O)c(O)c12. The number of phenolic OH excluding ortho intramolecular Hbond substituents is 2. The first-order valence-electron chi connectivity index (χ1n) is 5.25. The zero-order valence-corrected chi connectivity index (χ0v) is 9.18. The molecule has 18 heavy (non-hydrogen) atoms. The van der Waals surface area contributed by atoms with Gasteiger partial charge in [-0.05, 0) is 24.3 Å². The maximum Gasteiger partial charge on any atom is 0.344 e. The van der Waals surface area contributed by atoms with Crippen LogP contribution >= 0.6 is 0 Å². The highest BCUT2D eigenvalue weighted by atomic mass is 16.4. The molecule has 0 atom stereocenters. The Bertz CT molecular complexity index is 836. The highest BCUT2D eigenvalue weighted by molar-refractivity contribution is 6.08. The lowest BCUT2D eigenvalue weighted by Crippen LogP contribution is -2.00. The van der Waals surface area contributed by atoms with Gasteiger partial charge in [-0.2, -0.15) is 0 Å². The summed E-state index contributed by atoms with van der Waals surface area (Å²) in [5.74, 6) is -0.583. The first-order chi connectivity index (χ1) is 8.58. The molecule has 0 unspecified atom stereocenters. The van der Waals surface area contributed by atoms with Gasteiger partial charge in [-0.3, -0.25) is 0 Å². The zero-order valence-electron chi connectivity index (χ0n) is 9.18. The average molecular weight is 243 g/mol. The van der Waals surface area contributed by atoms with E-state index in [4.69, 9.17) is 10.2 Å². The van der Waals surface area contributed by atoms with E-state index in [0.29, 0.717) is 16.5 Å². The van der Waals surface area contributed by atoms with E-state index in [9.17, 15) is 15.0 Å². The van der Waals surface area contributed by atoms with Gasteiger partial charge in [0, 0.05) is 11.1 Å². The molecule has 1 aromatic heterocycles. The second-order valence-corrected chi connectivity index (χ2v) is 4.00. The van der Waals surface area contributed by atoms with Gasteiger partial charge < -0.3 is 20.4 Å². The Balaban J connectivity index is 2.67. The molecule has 0 radical (unpaired) electrons. The molecule has 0 fully saturated rings. The summed E-state index contributed by atoms with van der Waals surface area (Å²) in [6, 6.07) is 7.41. The quantitative estimate of drug-likeness (QED) is 0.242. The van der Waals surface area contributed by atoms with Crippen LogP contribution in [-0.4, -0.2) is 10.2 Å². The second-order valence-electron chi connectivity index (χ2n) is 4.00. The van der Waals surface area contributed by atoms with Gasteiger partial charge in [-0.1, -0.05) is 6.07 Å². The van der Waals surface area contributed by atoms with Crippen LogP contribution < -0.4 is 11.4 Å². The van der Waals surface area contributed by atoms with Crippen molar-refractivity contribution in [1.82, 2.24) is 0 Å². The molecule has 4 N–H and O–H groups in total. The normalized spacial score (nSPS) is 11.1. The Hall–Kier alpha value is -2.69. The third-order valence-corrected chi connectivity index (χ3v) is 2.85. The monoisotopic (exact) mass is 243 g/mol. The van der Waals surface area contributed by atoms with E-state index < -0.39 is 5.63 Å². The molecule has 5 nitrogen and oxygen atoms in total.